The van der Waals surface area contributed by atoms with Crippen molar-refractivity contribution in [3.05, 3.63) is 52.5 Å². The van der Waals surface area contributed by atoms with E-state index in [9.17, 15) is 9.59 Å². The number of esters is 1. The van der Waals surface area contributed by atoms with E-state index in [1.807, 2.05) is 6.07 Å². The summed E-state index contributed by atoms with van der Waals surface area (Å²) in [4.78, 5) is 24.7. The number of anilines is 1. The van der Waals surface area contributed by atoms with Gasteiger partial charge in [-0.05, 0) is 37.3 Å². The highest BCUT2D eigenvalue weighted by molar-refractivity contribution is 6.32. The zero-order valence-electron chi connectivity index (χ0n) is 15.0. The third-order valence-electron chi connectivity index (χ3n) is 3.95. The Labute approximate surface area is 166 Å². The van der Waals surface area contributed by atoms with Crippen molar-refractivity contribution in [1.29, 1.82) is 5.26 Å². The van der Waals surface area contributed by atoms with Gasteiger partial charge in [0.15, 0.2) is 17.6 Å². The lowest BCUT2D eigenvalue weighted by Crippen LogP contribution is -2.30. The summed E-state index contributed by atoms with van der Waals surface area (Å²) in [5.74, 6) is -0.490. The first-order valence-electron chi connectivity index (χ1n) is 8.59. The van der Waals surface area contributed by atoms with Crippen molar-refractivity contribution in [2.45, 2.75) is 19.4 Å². The highest BCUT2D eigenvalue weighted by Crippen LogP contribution is 2.38. The molecule has 0 fully saturated rings. The maximum Gasteiger partial charge on any atom is 0.339 e. The van der Waals surface area contributed by atoms with E-state index in [4.69, 9.17) is 31.1 Å². The molecule has 3 rings (SSSR count). The van der Waals surface area contributed by atoms with E-state index >= 15 is 0 Å². The molecular weight excluding hydrogens is 384 g/mol. The fourth-order valence-electron chi connectivity index (χ4n) is 2.54. The van der Waals surface area contributed by atoms with Gasteiger partial charge in [-0.2, -0.15) is 5.26 Å². The largest absolute Gasteiger partial charge is 0.489 e. The first kappa shape index (κ1) is 19.5. The normalized spacial score (nSPS) is 13.6. The summed E-state index contributed by atoms with van der Waals surface area (Å²) in [6.07, 6.45) is -0.359. The van der Waals surface area contributed by atoms with Gasteiger partial charge in [0.25, 0.3) is 5.91 Å². The lowest BCUT2D eigenvalue weighted by molar-refractivity contribution is -0.123. The molecule has 7 nitrogen and oxygen atoms in total. The van der Waals surface area contributed by atoms with Crippen LogP contribution in [-0.2, 0) is 9.53 Å². The molecule has 0 saturated carbocycles. The Morgan fingerprint density at radius 1 is 1.25 bits per heavy atom. The summed E-state index contributed by atoms with van der Waals surface area (Å²) < 4.78 is 16.3. The van der Waals surface area contributed by atoms with Crippen LogP contribution in [0.4, 0.5) is 5.69 Å². The Balaban J connectivity index is 1.68. The van der Waals surface area contributed by atoms with Crippen LogP contribution in [0.1, 0.15) is 29.3 Å². The van der Waals surface area contributed by atoms with Crippen LogP contribution in [0.3, 0.4) is 0 Å². The van der Waals surface area contributed by atoms with E-state index in [2.05, 4.69) is 5.32 Å². The van der Waals surface area contributed by atoms with Gasteiger partial charge < -0.3 is 19.5 Å². The number of benzene rings is 2. The van der Waals surface area contributed by atoms with Gasteiger partial charge in [0.05, 0.1) is 35.4 Å². The van der Waals surface area contributed by atoms with Gasteiger partial charge in [-0.15, -0.1) is 0 Å². The van der Waals surface area contributed by atoms with E-state index in [-0.39, 0.29) is 10.6 Å². The number of nitrogens with zero attached hydrogens (tertiary/aromatic N) is 1. The molecule has 28 heavy (non-hydrogen) atoms. The van der Waals surface area contributed by atoms with Gasteiger partial charge in [-0.25, -0.2) is 4.79 Å². The number of nitrogens with one attached hydrogen (secondary N) is 1. The fraction of sp³-hybridized carbons (Fsp3) is 0.250. The van der Waals surface area contributed by atoms with Crippen molar-refractivity contribution in [1.82, 2.24) is 0 Å². The number of hydrogen-bond acceptors (Lipinski definition) is 6. The van der Waals surface area contributed by atoms with Crippen molar-refractivity contribution < 1.29 is 23.8 Å². The van der Waals surface area contributed by atoms with Crippen molar-refractivity contribution in [2.24, 2.45) is 0 Å². The summed E-state index contributed by atoms with van der Waals surface area (Å²) in [6, 6.07) is 11.3. The van der Waals surface area contributed by atoms with Gasteiger partial charge in [0, 0.05) is 12.1 Å². The highest BCUT2D eigenvalue weighted by Gasteiger charge is 2.23. The van der Waals surface area contributed by atoms with Crippen molar-refractivity contribution in [3.63, 3.8) is 0 Å². The summed E-state index contributed by atoms with van der Waals surface area (Å²) in [7, 11) is 0. The van der Waals surface area contributed by atoms with E-state index in [1.165, 1.54) is 25.1 Å². The summed E-state index contributed by atoms with van der Waals surface area (Å²) in [5.41, 5.74) is 0.996. The van der Waals surface area contributed by atoms with Gasteiger partial charge in [0.2, 0.25) is 0 Å². The first-order valence-corrected chi connectivity index (χ1v) is 8.97. The minimum Gasteiger partial charge on any atom is -0.489 e. The smallest absolute Gasteiger partial charge is 0.339 e. The molecule has 1 aliphatic heterocycles. The second kappa shape index (κ2) is 8.63. The molecule has 0 radical (unpaired) electrons. The maximum atomic E-state index is 12.4. The second-order valence-corrected chi connectivity index (χ2v) is 6.47. The Kier molecular flexibility index (Phi) is 6.02. The van der Waals surface area contributed by atoms with Crippen LogP contribution in [0, 0.1) is 11.3 Å². The third-order valence-corrected chi connectivity index (χ3v) is 4.23. The number of nitriles is 1. The van der Waals surface area contributed by atoms with Crippen LogP contribution >= 0.6 is 11.6 Å². The maximum absolute atomic E-state index is 12.4. The zero-order chi connectivity index (χ0) is 20.1. The van der Waals surface area contributed by atoms with Gasteiger partial charge >= 0.3 is 5.97 Å². The number of carbonyl (C=O) groups is 2. The Morgan fingerprint density at radius 2 is 2.04 bits per heavy atom. The lowest BCUT2D eigenvalue weighted by Gasteiger charge is -2.15. The summed E-state index contributed by atoms with van der Waals surface area (Å²) >= 11 is 6.18. The van der Waals surface area contributed by atoms with Crippen LogP contribution in [0.15, 0.2) is 36.4 Å². The Bertz CT molecular complexity index is 954. The monoisotopic (exact) mass is 400 g/mol. The minimum absolute atomic E-state index is 0.153. The SMILES string of the molecule is C[C@@H](OC(=O)c1cc(Cl)c2c(c1)OCCCO2)C(=O)Nc1cccc(C#N)c1. The van der Waals surface area contributed by atoms with Gasteiger partial charge in [0.1, 0.15) is 0 Å². The predicted octanol–water partition coefficient (Wildman–Crippen LogP) is 3.56. The molecule has 1 heterocycles. The van der Waals surface area contributed by atoms with Crippen LogP contribution in [0.5, 0.6) is 11.5 Å². The molecule has 8 heteroatoms. The second-order valence-electron chi connectivity index (χ2n) is 6.07. The average Bonchev–Trinajstić information content (AvgIpc) is 2.93. The molecule has 0 saturated heterocycles. The Morgan fingerprint density at radius 3 is 2.82 bits per heavy atom. The van der Waals surface area contributed by atoms with E-state index in [1.54, 1.807) is 18.2 Å². The first-order chi connectivity index (χ1) is 13.5. The number of amides is 1. The average molecular weight is 401 g/mol. The highest BCUT2D eigenvalue weighted by atomic mass is 35.5. The molecular formula is C20H17ClN2O5. The molecule has 0 aromatic heterocycles. The number of ether oxygens (including phenoxy) is 3. The summed E-state index contributed by atoms with van der Waals surface area (Å²) in [5, 5.41) is 11.8. The van der Waals surface area contributed by atoms with Gasteiger partial charge in [-0.1, -0.05) is 17.7 Å². The standard InChI is InChI=1S/C20H17ClN2O5/c1-12(19(24)23-15-5-2-4-13(8-15)11-22)28-20(25)14-9-16(21)18-17(10-14)26-6-3-7-27-18/h2,4-5,8-10,12H,3,6-7H2,1H3,(H,23,24)/t12-/m1/s1. The fourth-order valence-corrected chi connectivity index (χ4v) is 2.81. The number of hydrogen-bond donors (Lipinski definition) is 1. The van der Waals surface area contributed by atoms with Crippen LogP contribution in [-0.4, -0.2) is 31.2 Å². The molecule has 144 valence electrons. The number of halogens is 1. The quantitative estimate of drug-likeness (QED) is 0.788. The third kappa shape index (κ3) is 4.53. The predicted molar refractivity (Wildman–Crippen MR) is 102 cm³/mol. The minimum atomic E-state index is -1.06. The van der Waals surface area contributed by atoms with Crippen molar-refractivity contribution in [3.8, 4) is 17.6 Å². The molecule has 0 aliphatic carbocycles. The molecule has 1 atom stereocenters. The molecule has 1 amide bonds. The van der Waals surface area contributed by atoms with Crippen molar-refractivity contribution >= 4 is 29.2 Å². The zero-order valence-corrected chi connectivity index (χ0v) is 15.8. The molecule has 1 aliphatic rings. The number of rotatable bonds is 4. The van der Waals surface area contributed by atoms with Crippen LogP contribution in [0.2, 0.25) is 5.02 Å². The molecule has 0 spiro atoms. The Hall–Kier alpha value is -3.24. The number of carbonyl (C=O) groups excluding carboxylic acids is 2. The summed E-state index contributed by atoms with van der Waals surface area (Å²) in [6.45, 7) is 2.37. The van der Waals surface area contributed by atoms with Crippen molar-refractivity contribution in [2.75, 3.05) is 18.5 Å². The van der Waals surface area contributed by atoms with Crippen LogP contribution in [0.25, 0.3) is 0 Å². The van der Waals surface area contributed by atoms with Gasteiger partial charge in [-0.3, -0.25) is 4.79 Å². The van der Waals surface area contributed by atoms with E-state index in [0.29, 0.717) is 42.4 Å². The molecule has 1 N–H and O–H groups in total. The van der Waals surface area contributed by atoms with E-state index < -0.39 is 18.0 Å². The molecule has 0 unspecified atom stereocenters. The topological polar surface area (TPSA) is 97.7 Å². The lowest BCUT2D eigenvalue weighted by atomic mass is 10.2. The van der Waals surface area contributed by atoms with E-state index in [0.717, 1.165) is 0 Å². The molecule has 0 bridgehead atoms. The van der Waals surface area contributed by atoms with Crippen LogP contribution < -0.4 is 14.8 Å². The molecule has 2 aromatic rings. The number of fused-ring (bicyclic) bond motifs is 1. The molecule has 2 aromatic carbocycles.